The van der Waals surface area contributed by atoms with Crippen LogP contribution in [0.1, 0.15) is 23.1 Å². The summed E-state index contributed by atoms with van der Waals surface area (Å²) in [6.07, 6.45) is 2.02. The molecule has 172 valence electrons. The van der Waals surface area contributed by atoms with Crippen molar-refractivity contribution in [2.75, 3.05) is 5.73 Å². The van der Waals surface area contributed by atoms with Gasteiger partial charge in [0.05, 0.1) is 0 Å². The summed E-state index contributed by atoms with van der Waals surface area (Å²) < 4.78 is 26.9. The SMILES string of the molecule is Nc1ccc(CNC(=O)C(Cc2ccc(F)c(F)c2)NC(=O)CCc2ccc(O)cc2)cn1. The van der Waals surface area contributed by atoms with E-state index in [2.05, 4.69) is 15.6 Å². The second-order valence-corrected chi connectivity index (χ2v) is 7.55. The lowest BCUT2D eigenvalue weighted by molar-refractivity contribution is -0.129. The van der Waals surface area contributed by atoms with Crippen molar-refractivity contribution in [1.82, 2.24) is 15.6 Å². The monoisotopic (exact) mass is 454 g/mol. The lowest BCUT2D eigenvalue weighted by atomic mass is 10.0. The fraction of sp³-hybridized carbons (Fsp3) is 0.208. The lowest BCUT2D eigenvalue weighted by Gasteiger charge is -2.19. The van der Waals surface area contributed by atoms with Crippen LogP contribution in [-0.2, 0) is 29.0 Å². The predicted molar refractivity (Wildman–Crippen MR) is 119 cm³/mol. The Morgan fingerprint density at radius 3 is 2.33 bits per heavy atom. The van der Waals surface area contributed by atoms with Crippen molar-refractivity contribution in [2.24, 2.45) is 0 Å². The smallest absolute Gasteiger partial charge is 0.243 e. The first-order valence-electron chi connectivity index (χ1n) is 10.3. The highest BCUT2D eigenvalue weighted by atomic mass is 19.2. The molecule has 0 fully saturated rings. The zero-order valence-electron chi connectivity index (χ0n) is 17.7. The number of hydrogen-bond donors (Lipinski definition) is 4. The Kier molecular flexibility index (Phi) is 7.91. The van der Waals surface area contributed by atoms with Crippen LogP contribution >= 0.6 is 0 Å². The van der Waals surface area contributed by atoms with E-state index >= 15 is 0 Å². The van der Waals surface area contributed by atoms with Gasteiger partial charge in [-0.3, -0.25) is 9.59 Å². The van der Waals surface area contributed by atoms with Crippen LogP contribution in [-0.4, -0.2) is 27.9 Å². The van der Waals surface area contributed by atoms with Gasteiger partial charge in [-0.15, -0.1) is 0 Å². The number of halogens is 2. The molecule has 0 spiro atoms. The van der Waals surface area contributed by atoms with Crippen LogP contribution in [0.4, 0.5) is 14.6 Å². The maximum Gasteiger partial charge on any atom is 0.243 e. The predicted octanol–water partition coefficient (Wildman–Crippen LogP) is 2.62. The first-order chi connectivity index (χ1) is 15.8. The number of phenolic OH excluding ortho intramolecular Hbond substituents is 1. The highest BCUT2D eigenvalue weighted by Crippen LogP contribution is 2.13. The van der Waals surface area contributed by atoms with Crippen molar-refractivity contribution in [2.45, 2.75) is 31.8 Å². The number of nitrogens with two attached hydrogens (primary N) is 1. The minimum absolute atomic E-state index is 0.0199. The van der Waals surface area contributed by atoms with E-state index in [0.717, 1.165) is 17.7 Å². The Labute approximate surface area is 189 Å². The summed E-state index contributed by atoms with van der Waals surface area (Å²) in [5.41, 5.74) is 7.48. The number of carbonyl (C=O) groups is 2. The third-order valence-corrected chi connectivity index (χ3v) is 4.97. The van der Waals surface area contributed by atoms with E-state index in [9.17, 15) is 23.5 Å². The zero-order valence-corrected chi connectivity index (χ0v) is 17.7. The molecule has 9 heteroatoms. The molecule has 3 rings (SSSR count). The van der Waals surface area contributed by atoms with Gasteiger partial charge >= 0.3 is 0 Å². The number of amides is 2. The Hall–Kier alpha value is -4.01. The van der Waals surface area contributed by atoms with E-state index < -0.39 is 23.6 Å². The Bertz CT molecular complexity index is 1110. The molecule has 1 unspecified atom stereocenters. The Morgan fingerprint density at radius 2 is 1.67 bits per heavy atom. The molecule has 1 aromatic heterocycles. The molecule has 3 aromatic rings. The number of nitrogen functional groups attached to an aromatic ring is 1. The number of nitrogens with zero attached hydrogens (tertiary/aromatic N) is 1. The number of benzene rings is 2. The van der Waals surface area contributed by atoms with Crippen molar-refractivity contribution in [3.8, 4) is 5.75 Å². The largest absolute Gasteiger partial charge is 0.508 e. The maximum atomic E-state index is 13.6. The molecule has 7 nitrogen and oxygen atoms in total. The first-order valence-corrected chi connectivity index (χ1v) is 10.3. The summed E-state index contributed by atoms with van der Waals surface area (Å²) in [5, 5.41) is 14.7. The summed E-state index contributed by atoms with van der Waals surface area (Å²) >= 11 is 0. The number of nitrogens with one attached hydrogen (secondary N) is 2. The molecular formula is C24H24F2N4O3. The second-order valence-electron chi connectivity index (χ2n) is 7.55. The molecule has 0 aliphatic carbocycles. The summed E-state index contributed by atoms with van der Waals surface area (Å²) in [7, 11) is 0. The number of aromatic nitrogens is 1. The third-order valence-electron chi connectivity index (χ3n) is 4.97. The van der Waals surface area contributed by atoms with Gasteiger partial charge in [0.2, 0.25) is 11.8 Å². The third kappa shape index (κ3) is 7.27. The van der Waals surface area contributed by atoms with Crippen LogP contribution in [0.15, 0.2) is 60.8 Å². The first kappa shape index (κ1) is 23.6. The minimum atomic E-state index is -1.03. The summed E-state index contributed by atoms with van der Waals surface area (Å²) in [5.74, 6) is -2.40. The van der Waals surface area contributed by atoms with Crippen LogP contribution in [0.5, 0.6) is 5.75 Å². The van der Waals surface area contributed by atoms with Crippen LogP contribution in [0.3, 0.4) is 0 Å². The van der Waals surface area contributed by atoms with Crippen LogP contribution in [0.25, 0.3) is 0 Å². The van der Waals surface area contributed by atoms with Crippen LogP contribution < -0.4 is 16.4 Å². The van der Waals surface area contributed by atoms with E-state index in [0.29, 0.717) is 23.4 Å². The van der Waals surface area contributed by atoms with Gasteiger partial charge in [0.25, 0.3) is 0 Å². The van der Waals surface area contributed by atoms with E-state index in [4.69, 9.17) is 5.73 Å². The molecule has 5 N–H and O–H groups in total. The fourth-order valence-corrected chi connectivity index (χ4v) is 3.15. The van der Waals surface area contributed by atoms with E-state index in [1.54, 1.807) is 24.3 Å². The van der Waals surface area contributed by atoms with Crippen LogP contribution in [0.2, 0.25) is 0 Å². The number of aromatic hydroxyl groups is 1. The van der Waals surface area contributed by atoms with Gasteiger partial charge in [0.15, 0.2) is 11.6 Å². The van der Waals surface area contributed by atoms with Gasteiger partial charge in [-0.25, -0.2) is 13.8 Å². The number of anilines is 1. The van der Waals surface area contributed by atoms with Crippen molar-refractivity contribution in [1.29, 1.82) is 0 Å². The van der Waals surface area contributed by atoms with Gasteiger partial charge in [-0.1, -0.05) is 24.3 Å². The van der Waals surface area contributed by atoms with Crippen molar-refractivity contribution in [3.63, 3.8) is 0 Å². The maximum absolute atomic E-state index is 13.6. The number of phenols is 1. The normalized spacial score (nSPS) is 11.6. The lowest BCUT2D eigenvalue weighted by Crippen LogP contribution is -2.47. The number of rotatable bonds is 9. The molecular weight excluding hydrogens is 430 g/mol. The number of aryl methyl sites for hydroxylation is 1. The molecule has 0 aliphatic heterocycles. The minimum Gasteiger partial charge on any atom is -0.508 e. The van der Waals surface area contributed by atoms with Crippen molar-refractivity contribution >= 4 is 17.6 Å². The summed E-state index contributed by atoms with van der Waals surface area (Å²) in [6, 6.07) is 12.1. The molecule has 0 aliphatic rings. The molecule has 1 atom stereocenters. The average Bonchev–Trinajstić information content (AvgIpc) is 2.80. The number of hydrogen-bond acceptors (Lipinski definition) is 5. The van der Waals surface area contributed by atoms with Gasteiger partial charge in [0.1, 0.15) is 17.6 Å². The van der Waals surface area contributed by atoms with Gasteiger partial charge in [0, 0.05) is 25.6 Å². The molecule has 2 amide bonds. The molecule has 33 heavy (non-hydrogen) atoms. The average molecular weight is 454 g/mol. The number of carbonyl (C=O) groups excluding carboxylic acids is 2. The highest BCUT2D eigenvalue weighted by Gasteiger charge is 2.22. The zero-order chi connectivity index (χ0) is 23.8. The topological polar surface area (TPSA) is 117 Å². The van der Waals surface area contributed by atoms with E-state index in [1.165, 1.54) is 24.4 Å². The van der Waals surface area contributed by atoms with Gasteiger partial charge < -0.3 is 21.5 Å². The Balaban J connectivity index is 1.65. The Morgan fingerprint density at radius 1 is 0.970 bits per heavy atom. The molecule has 0 radical (unpaired) electrons. The number of pyridine rings is 1. The standard InChI is InChI=1S/C24H24F2N4O3/c25-19-8-3-16(11-20(19)26)12-21(24(33)29-14-17-4-9-22(27)28-13-17)30-23(32)10-5-15-1-6-18(31)7-2-15/h1-4,6-9,11,13,21,31H,5,10,12,14H2,(H2,27,28)(H,29,33)(H,30,32). The quantitative estimate of drug-likeness (QED) is 0.397. The van der Waals surface area contributed by atoms with Crippen LogP contribution in [0, 0.1) is 11.6 Å². The molecule has 0 saturated heterocycles. The molecule has 0 saturated carbocycles. The van der Waals surface area contributed by atoms with E-state index in [-0.39, 0.29) is 31.0 Å². The van der Waals surface area contributed by atoms with Gasteiger partial charge in [-0.05, 0) is 53.4 Å². The summed E-state index contributed by atoms with van der Waals surface area (Å²) in [6.45, 7) is 0.157. The van der Waals surface area contributed by atoms with Crippen molar-refractivity contribution < 1.29 is 23.5 Å². The molecule has 2 aromatic carbocycles. The highest BCUT2D eigenvalue weighted by molar-refractivity contribution is 5.88. The van der Waals surface area contributed by atoms with Crippen molar-refractivity contribution in [3.05, 3.63) is 89.1 Å². The second kappa shape index (κ2) is 11.0. The van der Waals surface area contributed by atoms with E-state index in [1.807, 2.05) is 0 Å². The molecule has 1 heterocycles. The van der Waals surface area contributed by atoms with Gasteiger partial charge in [-0.2, -0.15) is 0 Å². The summed E-state index contributed by atoms with van der Waals surface area (Å²) in [4.78, 5) is 29.3. The fourth-order valence-electron chi connectivity index (χ4n) is 3.15. The molecule has 0 bridgehead atoms.